The number of nitrogens with zero attached hydrogens (tertiary/aromatic N) is 2. The number of hydrogen-bond acceptors (Lipinski definition) is 5. The first-order valence-electron chi connectivity index (χ1n) is 7.96. The fraction of sp³-hybridized carbons (Fsp3) is 0.412. The molecule has 0 radical (unpaired) electrons. The zero-order valence-electron chi connectivity index (χ0n) is 14.5. The van der Waals surface area contributed by atoms with Crippen LogP contribution in [-0.4, -0.2) is 47.3 Å². The van der Waals surface area contributed by atoms with Crippen LogP contribution in [0.25, 0.3) is 10.9 Å². The molecular formula is C17H22N4O4. The fourth-order valence-corrected chi connectivity index (χ4v) is 2.37. The van der Waals surface area contributed by atoms with Crippen LogP contribution in [0.3, 0.4) is 0 Å². The number of ether oxygens (including phenoxy) is 1. The molecule has 0 spiro atoms. The fourth-order valence-electron chi connectivity index (χ4n) is 2.37. The molecule has 1 atom stereocenters. The van der Waals surface area contributed by atoms with Gasteiger partial charge >= 0.3 is 5.97 Å². The van der Waals surface area contributed by atoms with E-state index in [9.17, 15) is 14.4 Å². The van der Waals surface area contributed by atoms with E-state index in [2.05, 4.69) is 20.5 Å². The van der Waals surface area contributed by atoms with Crippen molar-refractivity contribution in [2.24, 2.45) is 5.92 Å². The van der Waals surface area contributed by atoms with Gasteiger partial charge in [0.15, 0.2) is 0 Å². The van der Waals surface area contributed by atoms with Gasteiger partial charge in [-0.2, -0.15) is 5.10 Å². The maximum absolute atomic E-state index is 12.0. The molecule has 0 saturated carbocycles. The minimum Gasteiger partial charge on any atom is -0.467 e. The summed E-state index contributed by atoms with van der Waals surface area (Å²) in [5.74, 6) is -1.44. The lowest BCUT2D eigenvalue weighted by Gasteiger charge is -2.19. The average molecular weight is 346 g/mol. The van der Waals surface area contributed by atoms with Crippen molar-refractivity contribution < 1.29 is 19.1 Å². The Balaban J connectivity index is 1.87. The van der Waals surface area contributed by atoms with Crippen molar-refractivity contribution in [3.8, 4) is 0 Å². The Hall–Kier alpha value is -2.90. The van der Waals surface area contributed by atoms with Crippen molar-refractivity contribution in [3.63, 3.8) is 0 Å². The molecule has 0 aliphatic rings. The number of aromatic nitrogens is 2. The summed E-state index contributed by atoms with van der Waals surface area (Å²) in [4.78, 5) is 35.6. The number of methoxy groups -OCH3 is 1. The normalized spacial score (nSPS) is 12.0. The molecule has 134 valence electrons. The maximum Gasteiger partial charge on any atom is 0.328 e. The Labute approximate surface area is 145 Å². The van der Waals surface area contributed by atoms with E-state index in [0.29, 0.717) is 0 Å². The van der Waals surface area contributed by atoms with Crippen LogP contribution in [0.1, 0.15) is 13.8 Å². The number of para-hydroxylation sites is 1. The summed E-state index contributed by atoms with van der Waals surface area (Å²) in [7, 11) is 1.26. The number of fused-ring (bicyclic) bond motifs is 1. The van der Waals surface area contributed by atoms with E-state index in [0.717, 1.165) is 10.9 Å². The highest BCUT2D eigenvalue weighted by atomic mass is 16.5. The second-order valence-corrected chi connectivity index (χ2v) is 5.95. The molecule has 1 aromatic heterocycles. The van der Waals surface area contributed by atoms with E-state index < -0.39 is 17.9 Å². The van der Waals surface area contributed by atoms with Crippen LogP contribution in [0.4, 0.5) is 0 Å². The molecule has 0 saturated heterocycles. The molecule has 1 heterocycles. The first-order chi connectivity index (χ1) is 11.9. The number of hydrogen-bond donors (Lipinski definition) is 2. The van der Waals surface area contributed by atoms with E-state index in [1.54, 1.807) is 24.7 Å². The van der Waals surface area contributed by atoms with Crippen LogP contribution in [0.2, 0.25) is 0 Å². The van der Waals surface area contributed by atoms with Gasteiger partial charge in [0.25, 0.3) is 0 Å². The van der Waals surface area contributed by atoms with Crippen molar-refractivity contribution in [2.75, 3.05) is 13.7 Å². The number of nitrogens with one attached hydrogen (secondary N) is 2. The van der Waals surface area contributed by atoms with Crippen molar-refractivity contribution in [1.82, 2.24) is 20.4 Å². The monoisotopic (exact) mass is 346 g/mol. The van der Waals surface area contributed by atoms with Gasteiger partial charge < -0.3 is 15.4 Å². The summed E-state index contributed by atoms with van der Waals surface area (Å²) < 4.78 is 6.22. The summed E-state index contributed by atoms with van der Waals surface area (Å²) in [5.41, 5.74) is 0.840. The molecule has 0 unspecified atom stereocenters. The molecule has 2 amide bonds. The SMILES string of the molecule is COC(=O)[C@@H](NC(=O)CNC(=O)Cn1ncc2ccccc21)C(C)C. The van der Waals surface area contributed by atoms with Crippen LogP contribution >= 0.6 is 0 Å². The first kappa shape index (κ1) is 18.4. The number of amides is 2. The highest BCUT2D eigenvalue weighted by Gasteiger charge is 2.24. The lowest BCUT2D eigenvalue weighted by molar-refractivity contribution is -0.146. The van der Waals surface area contributed by atoms with Gasteiger partial charge in [0.1, 0.15) is 12.6 Å². The molecular weight excluding hydrogens is 324 g/mol. The molecule has 8 nitrogen and oxygen atoms in total. The maximum atomic E-state index is 12.0. The molecule has 8 heteroatoms. The van der Waals surface area contributed by atoms with Crippen molar-refractivity contribution in [1.29, 1.82) is 0 Å². The van der Waals surface area contributed by atoms with E-state index >= 15 is 0 Å². The molecule has 2 aromatic rings. The van der Waals surface area contributed by atoms with Gasteiger partial charge in [0.2, 0.25) is 11.8 Å². The zero-order chi connectivity index (χ0) is 18.4. The molecule has 25 heavy (non-hydrogen) atoms. The lowest BCUT2D eigenvalue weighted by Crippen LogP contribution is -2.48. The van der Waals surface area contributed by atoms with Gasteiger partial charge in [-0.25, -0.2) is 4.79 Å². The molecule has 2 rings (SSSR count). The van der Waals surface area contributed by atoms with Crippen LogP contribution in [0.15, 0.2) is 30.5 Å². The predicted octanol–water partition coefficient (Wildman–Crippen LogP) is 0.466. The Morgan fingerprint density at radius 3 is 2.60 bits per heavy atom. The third kappa shape index (κ3) is 4.79. The smallest absolute Gasteiger partial charge is 0.328 e. The van der Waals surface area contributed by atoms with E-state index in [-0.39, 0.29) is 24.9 Å². The summed E-state index contributed by atoms with van der Waals surface area (Å²) in [5, 5.41) is 10.2. The number of rotatable bonds is 7. The second-order valence-electron chi connectivity index (χ2n) is 5.95. The third-order valence-corrected chi connectivity index (χ3v) is 3.73. The minimum atomic E-state index is -0.746. The second kappa shape index (κ2) is 8.27. The number of carbonyl (C=O) groups is 3. The molecule has 0 bridgehead atoms. The standard InChI is InChI=1S/C17H22N4O4/c1-11(2)16(17(24)25-3)20-14(22)9-18-15(23)10-21-13-7-5-4-6-12(13)8-19-21/h4-8,11,16H,9-10H2,1-3H3,(H,18,23)(H,20,22)/t16-/m0/s1. The van der Waals surface area contributed by atoms with E-state index in [4.69, 9.17) is 0 Å². The van der Waals surface area contributed by atoms with Gasteiger partial charge in [-0.3, -0.25) is 14.3 Å². The molecule has 0 fully saturated rings. The molecule has 2 N–H and O–H groups in total. The lowest BCUT2D eigenvalue weighted by atomic mass is 10.0. The number of esters is 1. The summed E-state index contributed by atoms with van der Waals surface area (Å²) in [6, 6.07) is 6.79. The third-order valence-electron chi connectivity index (χ3n) is 3.73. The number of carbonyl (C=O) groups excluding carboxylic acids is 3. The van der Waals surface area contributed by atoms with Gasteiger partial charge in [0.05, 0.1) is 25.4 Å². The van der Waals surface area contributed by atoms with Gasteiger partial charge in [-0.15, -0.1) is 0 Å². The Bertz CT molecular complexity index is 769. The first-order valence-corrected chi connectivity index (χ1v) is 7.96. The Kier molecular flexibility index (Phi) is 6.10. The molecule has 0 aliphatic carbocycles. The Morgan fingerprint density at radius 2 is 1.92 bits per heavy atom. The van der Waals surface area contributed by atoms with Crippen LogP contribution in [0.5, 0.6) is 0 Å². The highest BCUT2D eigenvalue weighted by Crippen LogP contribution is 2.12. The predicted molar refractivity (Wildman–Crippen MR) is 91.5 cm³/mol. The minimum absolute atomic E-state index is 0.00536. The largest absolute Gasteiger partial charge is 0.467 e. The van der Waals surface area contributed by atoms with Crippen LogP contribution in [-0.2, 0) is 25.7 Å². The zero-order valence-corrected chi connectivity index (χ0v) is 14.5. The summed E-state index contributed by atoms with van der Waals surface area (Å²) in [6.07, 6.45) is 1.68. The number of benzene rings is 1. The molecule has 1 aromatic carbocycles. The van der Waals surface area contributed by atoms with Crippen LogP contribution in [0, 0.1) is 5.92 Å². The van der Waals surface area contributed by atoms with Crippen molar-refractivity contribution >= 4 is 28.7 Å². The van der Waals surface area contributed by atoms with Crippen molar-refractivity contribution in [2.45, 2.75) is 26.4 Å². The Morgan fingerprint density at radius 1 is 1.20 bits per heavy atom. The van der Waals surface area contributed by atoms with Crippen LogP contribution < -0.4 is 10.6 Å². The molecule has 0 aliphatic heterocycles. The quantitative estimate of drug-likeness (QED) is 0.710. The van der Waals surface area contributed by atoms with E-state index in [1.807, 2.05) is 24.3 Å². The summed E-state index contributed by atoms with van der Waals surface area (Å²) >= 11 is 0. The average Bonchev–Trinajstić information content (AvgIpc) is 3.00. The topological polar surface area (TPSA) is 102 Å². The summed E-state index contributed by atoms with van der Waals surface area (Å²) in [6.45, 7) is 3.37. The van der Waals surface area contributed by atoms with Crippen molar-refractivity contribution in [3.05, 3.63) is 30.5 Å². The van der Waals surface area contributed by atoms with Gasteiger partial charge in [-0.1, -0.05) is 32.0 Å². The van der Waals surface area contributed by atoms with Gasteiger partial charge in [-0.05, 0) is 12.0 Å². The van der Waals surface area contributed by atoms with E-state index in [1.165, 1.54) is 7.11 Å². The highest BCUT2D eigenvalue weighted by molar-refractivity contribution is 5.88. The van der Waals surface area contributed by atoms with Gasteiger partial charge in [0, 0.05) is 5.39 Å².